The van der Waals surface area contributed by atoms with Gasteiger partial charge in [0.15, 0.2) is 0 Å². The fourth-order valence-electron chi connectivity index (χ4n) is 5.29. The molecule has 2 fully saturated rings. The minimum Gasteiger partial charge on any atom is -0.388 e. The van der Waals surface area contributed by atoms with Gasteiger partial charge in [0.2, 0.25) is 0 Å². The number of nitrogens with zero attached hydrogens (tertiary/aromatic N) is 1. The van der Waals surface area contributed by atoms with Crippen LogP contribution in [0, 0.1) is 0 Å². The number of hydrogen-bond donors (Lipinski definition) is 2. The Labute approximate surface area is 169 Å². The van der Waals surface area contributed by atoms with Crippen molar-refractivity contribution in [2.75, 3.05) is 19.6 Å². The van der Waals surface area contributed by atoms with E-state index in [1.807, 2.05) is 0 Å². The van der Waals surface area contributed by atoms with Crippen molar-refractivity contribution < 1.29 is 5.11 Å². The third kappa shape index (κ3) is 3.63. The molecule has 2 atom stereocenters. The molecule has 3 heteroatoms. The molecule has 28 heavy (non-hydrogen) atoms. The third-order valence-electron chi connectivity index (χ3n) is 7.21. The van der Waals surface area contributed by atoms with E-state index < -0.39 is 5.60 Å². The van der Waals surface area contributed by atoms with E-state index in [-0.39, 0.29) is 11.6 Å². The first kappa shape index (κ1) is 19.6. The Morgan fingerprint density at radius 1 is 0.929 bits per heavy atom. The molecule has 0 bridgehead atoms. The monoisotopic (exact) mass is 378 g/mol. The Bertz CT molecular complexity index is 767. The van der Waals surface area contributed by atoms with E-state index in [1.165, 1.54) is 23.1 Å². The molecule has 2 N–H and O–H groups in total. The Kier molecular flexibility index (Phi) is 5.59. The summed E-state index contributed by atoms with van der Waals surface area (Å²) < 4.78 is 0. The van der Waals surface area contributed by atoms with Crippen LogP contribution in [0.1, 0.15) is 51.5 Å². The van der Waals surface area contributed by atoms with Gasteiger partial charge in [-0.1, -0.05) is 73.9 Å². The average Bonchev–Trinajstić information content (AvgIpc) is 2.75. The lowest BCUT2D eigenvalue weighted by atomic mass is 9.76. The average molecular weight is 379 g/mol. The van der Waals surface area contributed by atoms with E-state index >= 15 is 0 Å². The fourth-order valence-corrected chi connectivity index (χ4v) is 5.29. The standard InChI is InChI=1S/C25H34N2O/c1-20(25(28)15-7-4-8-16-25)27-18-17-26-19-24(27,2)23-13-11-22(12-14-23)21-9-5-3-6-10-21/h3,5-6,9-14,20,26,28H,4,7-8,15-19H2,1-2H3. The molecule has 150 valence electrons. The van der Waals surface area contributed by atoms with Gasteiger partial charge in [0.05, 0.1) is 11.1 Å². The minimum absolute atomic E-state index is 0.111. The van der Waals surface area contributed by atoms with Crippen LogP contribution in [0.25, 0.3) is 11.1 Å². The molecule has 3 nitrogen and oxygen atoms in total. The van der Waals surface area contributed by atoms with Gasteiger partial charge in [-0.3, -0.25) is 4.90 Å². The zero-order valence-electron chi connectivity index (χ0n) is 17.3. The van der Waals surface area contributed by atoms with Gasteiger partial charge in [0.25, 0.3) is 0 Å². The fraction of sp³-hybridized carbons (Fsp3) is 0.520. The number of hydrogen-bond acceptors (Lipinski definition) is 3. The first-order chi connectivity index (χ1) is 13.5. The minimum atomic E-state index is -0.555. The van der Waals surface area contributed by atoms with Crippen molar-refractivity contribution in [2.24, 2.45) is 0 Å². The third-order valence-corrected chi connectivity index (χ3v) is 7.21. The summed E-state index contributed by atoms with van der Waals surface area (Å²) in [6.07, 6.45) is 5.42. The molecule has 0 spiro atoms. The molecule has 2 aliphatic rings. The second-order valence-electron chi connectivity index (χ2n) is 8.93. The van der Waals surface area contributed by atoms with E-state index in [9.17, 15) is 5.11 Å². The first-order valence-electron chi connectivity index (χ1n) is 10.9. The van der Waals surface area contributed by atoms with Crippen LogP contribution >= 0.6 is 0 Å². The van der Waals surface area contributed by atoms with Crippen LogP contribution in [0.5, 0.6) is 0 Å². The van der Waals surface area contributed by atoms with E-state index in [2.05, 4.69) is 78.7 Å². The Morgan fingerprint density at radius 3 is 2.25 bits per heavy atom. The van der Waals surface area contributed by atoms with Gasteiger partial charge in [-0.25, -0.2) is 0 Å². The van der Waals surface area contributed by atoms with Gasteiger partial charge in [-0.05, 0) is 43.4 Å². The van der Waals surface area contributed by atoms with Crippen molar-refractivity contribution >= 4 is 0 Å². The molecule has 1 aliphatic carbocycles. The molecule has 1 saturated carbocycles. The van der Waals surface area contributed by atoms with Crippen LogP contribution in [0.2, 0.25) is 0 Å². The van der Waals surface area contributed by atoms with E-state index in [4.69, 9.17) is 0 Å². The van der Waals surface area contributed by atoms with Crippen molar-refractivity contribution in [3.8, 4) is 11.1 Å². The first-order valence-corrected chi connectivity index (χ1v) is 10.9. The smallest absolute Gasteiger partial charge is 0.0799 e. The van der Waals surface area contributed by atoms with Crippen molar-refractivity contribution in [1.82, 2.24) is 10.2 Å². The quantitative estimate of drug-likeness (QED) is 0.819. The highest BCUT2D eigenvalue weighted by molar-refractivity contribution is 5.63. The van der Waals surface area contributed by atoms with Gasteiger partial charge in [-0.15, -0.1) is 0 Å². The largest absolute Gasteiger partial charge is 0.388 e. The number of benzene rings is 2. The predicted molar refractivity (Wildman–Crippen MR) is 116 cm³/mol. The SMILES string of the molecule is CC(N1CCNCC1(C)c1ccc(-c2ccccc2)cc1)C1(O)CCCCC1. The topological polar surface area (TPSA) is 35.5 Å². The van der Waals surface area contributed by atoms with Gasteiger partial charge in [0.1, 0.15) is 0 Å². The van der Waals surface area contributed by atoms with Crippen LogP contribution in [0.15, 0.2) is 54.6 Å². The molecule has 1 aliphatic heterocycles. The highest BCUT2D eigenvalue weighted by atomic mass is 16.3. The van der Waals surface area contributed by atoms with Crippen LogP contribution in [-0.4, -0.2) is 41.3 Å². The summed E-state index contributed by atoms with van der Waals surface area (Å²) in [4.78, 5) is 2.56. The number of aliphatic hydroxyl groups is 1. The maximum atomic E-state index is 11.4. The van der Waals surface area contributed by atoms with Gasteiger partial charge >= 0.3 is 0 Å². The summed E-state index contributed by atoms with van der Waals surface area (Å²) in [5, 5.41) is 15.0. The maximum absolute atomic E-state index is 11.4. The predicted octanol–water partition coefficient (Wildman–Crippen LogP) is 4.56. The van der Waals surface area contributed by atoms with Crippen LogP contribution < -0.4 is 5.32 Å². The Hall–Kier alpha value is -1.68. The second-order valence-corrected chi connectivity index (χ2v) is 8.93. The molecule has 2 aromatic rings. The van der Waals surface area contributed by atoms with Crippen LogP contribution in [0.3, 0.4) is 0 Å². The molecule has 2 unspecified atom stereocenters. The molecule has 2 aromatic carbocycles. The Balaban J connectivity index is 1.62. The summed E-state index contributed by atoms with van der Waals surface area (Å²) >= 11 is 0. The van der Waals surface area contributed by atoms with Crippen LogP contribution in [-0.2, 0) is 5.54 Å². The van der Waals surface area contributed by atoms with Gasteiger partial charge < -0.3 is 10.4 Å². The highest BCUT2D eigenvalue weighted by Gasteiger charge is 2.46. The van der Waals surface area contributed by atoms with Crippen molar-refractivity contribution in [3.63, 3.8) is 0 Å². The van der Waals surface area contributed by atoms with Gasteiger partial charge in [-0.2, -0.15) is 0 Å². The zero-order valence-corrected chi connectivity index (χ0v) is 17.3. The lowest BCUT2D eigenvalue weighted by Gasteiger charge is -2.53. The van der Waals surface area contributed by atoms with E-state index in [1.54, 1.807) is 0 Å². The number of piperazine rings is 1. The lowest BCUT2D eigenvalue weighted by molar-refractivity contribution is -0.103. The van der Waals surface area contributed by atoms with E-state index in [0.29, 0.717) is 0 Å². The summed E-state index contributed by atoms with van der Waals surface area (Å²) in [6.45, 7) is 7.45. The second kappa shape index (κ2) is 7.98. The Morgan fingerprint density at radius 2 is 1.57 bits per heavy atom. The van der Waals surface area contributed by atoms with Crippen molar-refractivity contribution in [1.29, 1.82) is 0 Å². The normalized spacial score (nSPS) is 26.7. The summed E-state index contributed by atoms with van der Waals surface area (Å²) in [6, 6.07) is 19.7. The zero-order chi connectivity index (χ0) is 19.6. The summed E-state index contributed by atoms with van der Waals surface area (Å²) in [7, 11) is 0. The van der Waals surface area contributed by atoms with Gasteiger partial charge in [0, 0.05) is 25.7 Å². The van der Waals surface area contributed by atoms with Crippen molar-refractivity contribution in [3.05, 3.63) is 60.2 Å². The molecule has 4 rings (SSSR count). The van der Waals surface area contributed by atoms with Crippen molar-refractivity contribution in [2.45, 2.75) is 63.1 Å². The lowest BCUT2D eigenvalue weighted by Crippen LogP contribution is -2.65. The number of rotatable bonds is 4. The summed E-state index contributed by atoms with van der Waals surface area (Å²) in [5.41, 5.74) is 3.16. The maximum Gasteiger partial charge on any atom is 0.0799 e. The summed E-state index contributed by atoms with van der Waals surface area (Å²) in [5.74, 6) is 0. The molecule has 0 amide bonds. The molecule has 0 aromatic heterocycles. The van der Waals surface area contributed by atoms with E-state index in [0.717, 1.165) is 45.3 Å². The highest BCUT2D eigenvalue weighted by Crippen LogP contribution is 2.39. The molecule has 1 heterocycles. The number of nitrogens with one attached hydrogen (secondary N) is 1. The molecular formula is C25H34N2O. The van der Waals surface area contributed by atoms with Crippen LogP contribution in [0.4, 0.5) is 0 Å². The molecular weight excluding hydrogens is 344 g/mol. The molecule has 1 saturated heterocycles. The molecule has 0 radical (unpaired) electrons.